The van der Waals surface area contributed by atoms with Crippen LogP contribution in [0.1, 0.15) is 32.0 Å². The molecule has 4 rings (SSSR count). The van der Waals surface area contributed by atoms with E-state index in [2.05, 4.69) is 21.2 Å². The molecule has 0 aliphatic heterocycles. The molecule has 3 aromatic carbocycles. The maximum Gasteiger partial charge on any atom is 0.255 e. The van der Waals surface area contributed by atoms with Gasteiger partial charge in [-0.25, -0.2) is 0 Å². The summed E-state index contributed by atoms with van der Waals surface area (Å²) in [5.41, 5.74) is 3.08. The van der Waals surface area contributed by atoms with Crippen molar-refractivity contribution in [2.24, 2.45) is 0 Å². The van der Waals surface area contributed by atoms with Crippen LogP contribution in [0.25, 0.3) is 11.0 Å². The Morgan fingerprint density at radius 1 is 0.893 bits per heavy atom. The molecule has 0 radical (unpaired) electrons. The summed E-state index contributed by atoms with van der Waals surface area (Å²) in [5.74, 6) is -0.0527. The smallest absolute Gasteiger partial charge is 0.255 e. The molecule has 0 fully saturated rings. The average Bonchev–Trinajstić information content (AvgIpc) is 3.04. The van der Waals surface area contributed by atoms with Crippen LogP contribution in [0.3, 0.4) is 0 Å². The first-order valence-corrected chi connectivity index (χ1v) is 9.52. The van der Waals surface area contributed by atoms with E-state index in [-0.39, 0.29) is 11.7 Å². The second-order valence-corrected chi connectivity index (χ2v) is 7.34. The molecule has 0 aliphatic carbocycles. The van der Waals surface area contributed by atoms with Crippen molar-refractivity contribution in [2.75, 3.05) is 5.32 Å². The van der Waals surface area contributed by atoms with Crippen molar-refractivity contribution in [2.45, 2.75) is 6.92 Å². The van der Waals surface area contributed by atoms with Crippen LogP contribution in [0.5, 0.6) is 0 Å². The molecule has 0 saturated carbocycles. The molecule has 1 N–H and O–H groups in total. The zero-order valence-corrected chi connectivity index (χ0v) is 16.6. The molecule has 1 heterocycles. The molecule has 1 amide bonds. The van der Waals surface area contributed by atoms with E-state index in [9.17, 15) is 9.59 Å². The highest BCUT2D eigenvalue weighted by Crippen LogP contribution is 2.29. The van der Waals surface area contributed by atoms with Gasteiger partial charge in [0.25, 0.3) is 5.91 Å². The van der Waals surface area contributed by atoms with Crippen LogP contribution in [0.2, 0.25) is 0 Å². The lowest BCUT2D eigenvalue weighted by molar-refractivity contribution is 0.101. The number of nitrogens with one attached hydrogen (secondary N) is 1. The number of anilines is 1. The fourth-order valence-electron chi connectivity index (χ4n) is 3.04. The van der Waals surface area contributed by atoms with Crippen molar-refractivity contribution in [3.8, 4) is 0 Å². The summed E-state index contributed by atoms with van der Waals surface area (Å²) in [6.07, 6.45) is 0. The molecule has 1 aromatic heterocycles. The lowest BCUT2D eigenvalue weighted by Gasteiger charge is -2.05. The van der Waals surface area contributed by atoms with Crippen LogP contribution < -0.4 is 5.32 Å². The average molecular weight is 434 g/mol. The fraction of sp³-hybridized carbons (Fsp3) is 0.0435. The van der Waals surface area contributed by atoms with E-state index in [1.807, 2.05) is 43.3 Å². The number of rotatable bonds is 4. The van der Waals surface area contributed by atoms with Gasteiger partial charge in [-0.1, -0.05) is 46.3 Å². The lowest BCUT2D eigenvalue weighted by atomic mass is 10.0. The standard InChI is InChI=1S/C23H16BrNO3/c1-14-19-12-11-18(25-23(27)16-7-9-17(24)10-8-16)13-20(19)28-22(14)21(26)15-5-3-2-4-6-15/h2-13H,1H3,(H,25,27). The van der Waals surface area contributed by atoms with Crippen LogP contribution >= 0.6 is 15.9 Å². The minimum absolute atomic E-state index is 0.158. The van der Waals surface area contributed by atoms with Crippen LogP contribution in [-0.2, 0) is 0 Å². The molecule has 0 atom stereocenters. The van der Waals surface area contributed by atoms with E-state index in [1.54, 1.807) is 36.4 Å². The van der Waals surface area contributed by atoms with Gasteiger partial charge < -0.3 is 9.73 Å². The summed E-state index contributed by atoms with van der Waals surface area (Å²) >= 11 is 3.35. The second-order valence-electron chi connectivity index (χ2n) is 6.42. The van der Waals surface area contributed by atoms with Crippen molar-refractivity contribution in [1.29, 1.82) is 0 Å². The number of carbonyl (C=O) groups excluding carboxylic acids is 2. The second kappa shape index (κ2) is 7.44. The zero-order valence-electron chi connectivity index (χ0n) is 15.0. The Kier molecular flexibility index (Phi) is 4.84. The Balaban J connectivity index is 1.63. The first-order valence-electron chi connectivity index (χ1n) is 8.73. The number of ketones is 1. The molecule has 4 aromatic rings. The first kappa shape index (κ1) is 18.2. The van der Waals surface area contributed by atoms with E-state index in [1.165, 1.54) is 0 Å². The number of benzene rings is 3. The van der Waals surface area contributed by atoms with E-state index in [4.69, 9.17) is 4.42 Å². The Hall–Kier alpha value is -3.18. The summed E-state index contributed by atoms with van der Waals surface area (Å²) in [6, 6.07) is 21.5. The van der Waals surface area contributed by atoms with Crippen molar-refractivity contribution < 1.29 is 14.0 Å². The minimum atomic E-state index is -0.212. The zero-order chi connectivity index (χ0) is 19.7. The topological polar surface area (TPSA) is 59.3 Å². The molecule has 138 valence electrons. The number of amides is 1. The quantitative estimate of drug-likeness (QED) is 0.402. The van der Waals surface area contributed by atoms with Crippen molar-refractivity contribution in [1.82, 2.24) is 0 Å². The van der Waals surface area contributed by atoms with Gasteiger partial charge in [-0.05, 0) is 43.3 Å². The normalized spacial score (nSPS) is 10.8. The number of hydrogen-bond donors (Lipinski definition) is 1. The molecule has 28 heavy (non-hydrogen) atoms. The van der Waals surface area contributed by atoms with Crippen LogP contribution in [0, 0.1) is 6.92 Å². The summed E-state index contributed by atoms with van der Waals surface area (Å²) < 4.78 is 6.76. The number of fused-ring (bicyclic) bond motifs is 1. The van der Waals surface area contributed by atoms with Gasteiger partial charge in [0.15, 0.2) is 5.76 Å². The van der Waals surface area contributed by atoms with Gasteiger partial charge >= 0.3 is 0 Å². The molecule has 0 aliphatic rings. The van der Waals surface area contributed by atoms with Crippen LogP contribution in [0.15, 0.2) is 81.7 Å². The van der Waals surface area contributed by atoms with Gasteiger partial charge in [-0.15, -0.1) is 0 Å². The third-order valence-corrected chi connectivity index (χ3v) is 5.07. The number of carbonyl (C=O) groups is 2. The van der Waals surface area contributed by atoms with Gasteiger partial charge in [0.05, 0.1) is 0 Å². The van der Waals surface area contributed by atoms with E-state index < -0.39 is 0 Å². The third kappa shape index (κ3) is 3.49. The molecule has 0 spiro atoms. The van der Waals surface area contributed by atoms with Crippen LogP contribution in [-0.4, -0.2) is 11.7 Å². The number of furan rings is 1. The van der Waals surface area contributed by atoms with Crippen molar-refractivity contribution >= 4 is 44.3 Å². The molecular formula is C23H16BrNO3. The number of aryl methyl sites for hydroxylation is 1. The van der Waals surface area contributed by atoms with E-state index in [0.717, 1.165) is 15.4 Å². The van der Waals surface area contributed by atoms with Crippen molar-refractivity contribution in [3.63, 3.8) is 0 Å². The molecule has 4 nitrogen and oxygen atoms in total. The van der Waals surface area contributed by atoms with Gasteiger partial charge in [0, 0.05) is 38.3 Å². The fourth-order valence-corrected chi connectivity index (χ4v) is 3.31. The van der Waals surface area contributed by atoms with Gasteiger partial charge in [-0.3, -0.25) is 9.59 Å². The Bertz CT molecular complexity index is 1180. The Morgan fingerprint density at radius 3 is 2.32 bits per heavy atom. The monoisotopic (exact) mass is 433 g/mol. The minimum Gasteiger partial charge on any atom is -0.452 e. The molecule has 0 saturated heterocycles. The number of halogens is 1. The SMILES string of the molecule is Cc1c(C(=O)c2ccccc2)oc2cc(NC(=O)c3ccc(Br)cc3)ccc12. The predicted octanol–water partition coefficient (Wildman–Crippen LogP) is 5.99. The largest absolute Gasteiger partial charge is 0.452 e. The Labute approximate surface area is 170 Å². The molecule has 0 bridgehead atoms. The van der Waals surface area contributed by atoms with E-state index >= 15 is 0 Å². The molecular weight excluding hydrogens is 418 g/mol. The van der Waals surface area contributed by atoms with Gasteiger partial charge in [-0.2, -0.15) is 0 Å². The molecule has 0 unspecified atom stereocenters. The maximum absolute atomic E-state index is 12.7. The third-order valence-electron chi connectivity index (χ3n) is 4.54. The first-order chi connectivity index (χ1) is 13.5. The Morgan fingerprint density at radius 2 is 1.61 bits per heavy atom. The summed E-state index contributed by atoms with van der Waals surface area (Å²) in [4.78, 5) is 25.2. The highest BCUT2D eigenvalue weighted by molar-refractivity contribution is 9.10. The van der Waals surface area contributed by atoms with Crippen LogP contribution in [0.4, 0.5) is 5.69 Å². The summed E-state index contributed by atoms with van der Waals surface area (Å²) in [7, 11) is 0. The van der Waals surface area contributed by atoms with Gasteiger partial charge in [0.1, 0.15) is 5.58 Å². The highest BCUT2D eigenvalue weighted by Gasteiger charge is 2.19. The number of hydrogen-bond acceptors (Lipinski definition) is 3. The maximum atomic E-state index is 12.7. The predicted molar refractivity (Wildman–Crippen MR) is 113 cm³/mol. The van der Waals surface area contributed by atoms with Crippen molar-refractivity contribution in [3.05, 3.63) is 99.7 Å². The lowest BCUT2D eigenvalue weighted by Crippen LogP contribution is -2.11. The van der Waals surface area contributed by atoms with Gasteiger partial charge in [0.2, 0.25) is 5.78 Å². The van der Waals surface area contributed by atoms with E-state index in [0.29, 0.717) is 28.2 Å². The summed E-state index contributed by atoms with van der Waals surface area (Å²) in [5, 5.41) is 3.71. The highest BCUT2D eigenvalue weighted by atomic mass is 79.9. The summed E-state index contributed by atoms with van der Waals surface area (Å²) in [6.45, 7) is 1.86. The molecule has 5 heteroatoms.